The lowest BCUT2D eigenvalue weighted by Crippen LogP contribution is -3.00. The van der Waals surface area contributed by atoms with Gasteiger partial charge in [0.25, 0.3) is 0 Å². The largest absolute Gasteiger partial charge is 1.00 e. The Labute approximate surface area is 78.2 Å². The quantitative estimate of drug-likeness (QED) is 0.468. The van der Waals surface area contributed by atoms with Crippen molar-refractivity contribution in [2.45, 2.75) is 6.92 Å². The number of halogens is 1. The van der Waals surface area contributed by atoms with Crippen LogP contribution in [0.5, 0.6) is 0 Å². The first-order valence-electron chi connectivity index (χ1n) is 3.60. The van der Waals surface area contributed by atoms with Gasteiger partial charge < -0.3 is 12.4 Å². The van der Waals surface area contributed by atoms with Gasteiger partial charge in [-0.3, -0.25) is 0 Å². The first kappa shape index (κ1) is 8.92. The van der Waals surface area contributed by atoms with Gasteiger partial charge in [-0.15, -0.1) is 4.99 Å². The van der Waals surface area contributed by atoms with E-state index in [0.717, 1.165) is 11.3 Å². The lowest BCUT2D eigenvalue weighted by molar-refractivity contribution is -0.00000222. The third-order valence-electron chi connectivity index (χ3n) is 1.68. The van der Waals surface area contributed by atoms with E-state index >= 15 is 0 Å². The van der Waals surface area contributed by atoms with Crippen LogP contribution in [0, 0.1) is 0 Å². The van der Waals surface area contributed by atoms with Crippen molar-refractivity contribution in [1.82, 2.24) is 0 Å². The number of fused-ring (bicyclic) bond motifs is 1. The van der Waals surface area contributed by atoms with E-state index in [1.54, 1.807) is 0 Å². The summed E-state index contributed by atoms with van der Waals surface area (Å²) in [4.78, 5) is 4.08. The molecule has 0 aliphatic carbocycles. The van der Waals surface area contributed by atoms with E-state index in [1.807, 2.05) is 25.1 Å². The van der Waals surface area contributed by atoms with Gasteiger partial charge in [0, 0.05) is 13.0 Å². The second kappa shape index (κ2) is 3.48. The standard InChI is InChI=1S/C10H8N.ClH/c1-8-6-9-4-2-3-5-10(9)7-11-8;/h2-6H,1H3;1H/q+1;/p-1. The highest BCUT2D eigenvalue weighted by molar-refractivity contribution is 5.89. The van der Waals surface area contributed by atoms with Gasteiger partial charge in [0.15, 0.2) is 5.56 Å². The summed E-state index contributed by atoms with van der Waals surface area (Å²) in [5, 5.41) is 0. The Morgan fingerprint density at radius 2 is 2.00 bits per heavy atom. The number of nitrogens with zero attached hydrogens (tertiary/aromatic N) is 1. The van der Waals surface area contributed by atoms with Crippen molar-refractivity contribution in [2.75, 3.05) is 0 Å². The zero-order valence-electron chi connectivity index (χ0n) is 6.71. The van der Waals surface area contributed by atoms with Crippen LogP contribution in [0.25, 0.3) is 6.08 Å². The van der Waals surface area contributed by atoms with Crippen LogP contribution >= 0.6 is 0 Å². The Balaban J connectivity index is 0.000000720. The smallest absolute Gasteiger partial charge is 0.175 e. The second-order valence-corrected chi connectivity index (χ2v) is 2.60. The Morgan fingerprint density at radius 1 is 1.25 bits per heavy atom. The topological polar surface area (TPSA) is 12.4 Å². The highest BCUT2D eigenvalue weighted by Crippen LogP contribution is 2.15. The molecule has 60 valence electrons. The molecule has 0 bridgehead atoms. The molecule has 0 N–H and O–H groups in total. The fraction of sp³-hybridized carbons (Fsp3) is 0.100. The van der Waals surface area contributed by atoms with Crippen molar-refractivity contribution < 1.29 is 12.4 Å². The molecule has 0 radical (unpaired) electrons. The maximum Gasteiger partial charge on any atom is 0.175 e. The molecule has 0 saturated carbocycles. The minimum absolute atomic E-state index is 0. The number of hydrogen-bond donors (Lipinski definition) is 0. The highest BCUT2D eigenvalue weighted by atomic mass is 35.5. The van der Waals surface area contributed by atoms with Gasteiger partial charge in [-0.2, -0.15) is 0 Å². The van der Waals surface area contributed by atoms with Crippen molar-refractivity contribution in [3.63, 3.8) is 0 Å². The van der Waals surface area contributed by atoms with E-state index in [1.165, 1.54) is 5.56 Å². The van der Waals surface area contributed by atoms with Gasteiger partial charge in [-0.25, -0.2) is 0 Å². The number of rotatable bonds is 0. The minimum atomic E-state index is 0. The zero-order valence-corrected chi connectivity index (χ0v) is 7.47. The number of allylic oxidation sites excluding steroid dienone is 1. The van der Waals surface area contributed by atoms with Crippen LogP contribution in [0.1, 0.15) is 18.1 Å². The summed E-state index contributed by atoms with van der Waals surface area (Å²) in [6, 6.07) is 8.10. The molecule has 0 saturated heterocycles. The van der Waals surface area contributed by atoms with Gasteiger partial charge >= 0.3 is 0 Å². The Morgan fingerprint density at radius 3 is 2.83 bits per heavy atom. The van der Waals surface area contributed by atoms with Gasteiger partial charge in [0.1, 0.15) is 11.9 Å². The molecule has 2 heteroatoms. The molecule has 1 aromatic rings. The fourth-order valence-electron chi connectivity index (χ4n) is 1.13. The third-order valence-corrected chi connectivity index (χ3v) is 1.68. The SMILES string of the molecule is CC1=Cc2ccccc2[C+]=N1.[Cl-]. The summed E-state index contributed by atoms with van der Waals surface area (Å²) in [6.45, 7) is 1.98. The summed E-state index contributed by atoms with van der Waals surface area (Å²) < 4.78 is 0. The number of hydrogen-bond acceptors (Lipinski definition) is 1. The lowest BCUT2D eigenvalue weighted by Gasteiger charge is -1.94. The van der Waals surface area contributed by atoms with E-state index < -0.39 is 0 Å². The van der Waals surface area contributed by atoms with Crippen molar-refractivity contribution in [3.8, 4) is 0 Å². The van der Waals surface area contributed by atoms with Gasteiger partial charge in [-0.1, -0.05) is 0 Å². The van der Waals surface area contributed by atoms with E-state index in [0.29, 0.717) is 0 Å². The van der Waals surface area contributed by atoms with Crippen molar-refractivity contribution in [2.24, 2.45) is 4.99 Å². The van der Waals surface area contributed by atoms with Crippen molar-refractivity contribution in [1.29, 1.82) is 0 Å². The zero-order chi connectivity index (χ0) is 7.68. The molecule has 0 aromatic heterocycles. The molecule has 1 aromatic carbocycles. The van der Waals surface area contributed by atoms with E-state index in [9.17, 15) is 0 Å². The highest BCUT2D eigenvalue weighted by Gasteiger charge is 2.10. The number of benzene rings is 1. The molecule has 0 amide bonds. The molecule has 1 nitrogen and oxygen atoms in total. The monoisotopic (exact) mass is 177 g/mol. The summed E-state index contributed by atoms with van der Waals surface area (Å²) in [5.41, 5.74) is 3.31. The lowest BCUT2D eigenvalue weighted by atomic mass is 10.1. The predicted octanol–water partition coefficient (Wildman–Crippen LogP) is -0.639. The summed E-state index contributed by atoms with van der Waals surface area (Å²) in [5.74, 6) is 0. The minimum Gasteiger partial charge on any atom is -1.00 e. The molecular weight excluding hydrogens is 170 g/mol. The summed E-state index contributed by atoms with van der Waals surface area (Å²) >= 11 is 0. The Bertz CT molecular complexity index is 339. The fourth-order valence-corrected chi connectivity index (χ4v) is 1.13. The van der Waals surface area contributed by atoms with Crippen LogP contribution in [0.4, 0.5) is 0 Å². The molecule has 0 spiro atoms. The average Bonchev–Trinajstić information content (AvgIpc) is 2.04. The van der Waals surface area contributed by atoms with Crippen LogP contribution in [0.2, 0.25) is 0 Å². The normalized spacial score (nSPS) is 12.2. The van der Waals surface area contributed by atoms with Crippen LogP contribution in [0.15, 0.2) is 35.0 Å². The molecule has 0 fully saturated rings. The molecule has 0 atom stereocenters. The van der Waals surface area contributed by atoms with Crippen LogP contribution in [-0.2, 0) is 0 Å². The van der Waals surface area contributed by atoms with Crippen LogP contribution < -0.4 is 12.4 Å². The molecule has 1 aliphatic heterocycles. The van der Waals surface area contributed by atoms with E-state index in [2.05, 4.69) is 23.3 Å². The van der Waals surface area contributed by atoms with Gasteiger partial charge in [0.2, 0.25) is 0 Å². The second-order valence-electron chi connectivity index (χ2n) is 2.60. The van der Waals surface area contributed by atoms with Crippen molar-refractivity contribution in [3.05, 3.63) is 41.1 Å². The van der Waals surface area contributed by atoms with E-state index in [-0.39, 0.29) is 12.4 Å². The molecular formula is C10H8ClN. The molecule has 2 rings (SSSR count). The first-order chi connectivity index (χ1) is 5.36. The van der Waals surface area contributed by atoms with E-state index in [4.69, 9.17) is 0 Å². The van der Waals surface area contributed by atoms with Crippen LogP contribution in [-0.4, -0.2) is 6.21 Å². The number of aliphatic imine (C=N–C) groups is 1. The Kier molecular flexibility index (Phi) is 2.59. The van der Waals surface area contributed by atoms with Crippen LogP contribution in [0.3, 0.4) is 0 Å². The molecule has 12 heavy (non-hydrogen) atoms. The third kappa shape index (κ3) is 1.53. The predicted molar refractivity (Wildman–Crippen MR) is 46.6 cm³/mol. The maximum absolute atomic E-state index is 4.08. The summed E-state index contributed by atoms with van der Waals surface area (Å²) in [6.07, 6.45) is 5.03. The average molecular weight is 178 g/mol. The Hall–Kier alpha value is -1.17. The molecule has 1 aliphatic rings. The molecule has 1 heterocycles. The maximum atomic E-state index is 4.08. The van der Waals surface area contributed by atoms with Gasteiger partial charge in [0.05, 0.1) is 11.6 Å². The molecule has 0 unspecified atom stereocenters. The van der Waals surface area contributed by atoms with Crippen molar-refractivity contribution >= 4 is 12.3 Å². The summed E-state index contributed by atoms with van der Waals surface area (Å²) in [7, 11) is 0. The first-order valence-corrected chi connectivity index (χ1v) is 3.60. The van der Waals surface area contributed by atoms with Gasteiger partial charge in [-0.05, 0) is 18.2 Å².